The van der Waals surface area contributed by atoms with Crippen molar-refractivity contribution in [1.29, 1.82) is 0 Å². The summed E-state index contributed by atoms with van der Waals surface area (Å²) in [5, 5.41) is 4.58. The zero-order valence-corrected chi connectivity index (χ0v) is 29.2. The van der Waals surface area contributed by atoms with Gasteiger partial charge in [0.15, 0.2) is 12.3 Å². The van der Waals surface area contributed by atoms with Crippen LogP contribution < -0.4 is 14.2 Å². The van der Waals surface area contributed by atoms with Crippen LogP contribution in [0.3, 0.4) is 0 Å². The van der Waals surface area contributed by atoms with Gasteiger partial charge in [-0.25, -0.2) is 16.8 Å². The van der Waals surface area contributed by atoms with Crippen LogP contribution in [0.25, 0.3) is 37.5 Å². The highest BCUT2D eigenvalue weighted by Gasteiger charge is 2.28. The van der Waals surface area contributed by atoms with E-state index in [0.29, 0.717) is 29.6 Å². The van der Waals surface area contributed by atoms with Gasteiger partial charge < -0.3 is 18.7 Å². The van der Waals surface area contributed by atoms with E-state index in [1.165, 1.54) is 11.3 Å². The van der Waals surface area contributed by atoms with Gasteiger partial charge in [0.25, 0.3) is 5.01 Å². The quantitative estimate of drug-likeness (QED) is 0.0980. The number of halogens is 1. The molecule has 3 aromatic carbocycles. The maximum absolute atomic E-state index is 11.5. The first kappa shape index (κ1) is 33.6. The number of ether oxygens (including phenoxy) is 1. The van der Waals surface area contributed by atoms with Crippen LogP contribution in [0.5, 0.6) is 5.75 Å². The second-order valence-electron chi connectivity index (χ2n) is 11.1. The van der Waals surface area contributed by atoms with Crippen LogP contribution in [0.1, 0.15) is 31.2 Å². The van der Waals surface area contributed by atoms with Crippen molar-refractivity contribution < 1.29 is 35.2 Å². The Balaban J connectivity index is 1.38. The number of fused-ring (bicyclic) bond motifs is 3. The minimum atomic E-state index is -4.40. The van der Waals surface area contributed by atoms with Gasteiger partial charge in [0.05, 0.1) is 25.9 Å². The molecule has 0 bridgehead atoms. The lowest BCUT2D eigenvalue weighted by Gasteiger charge is -2.20. The van der Waals surface area contributed by atoms with E-state index in [-0.39, 0.29) is 19.4 Å². The zero-order valence-electron chi connectivity index (χ0n) is 25.2. The summed E-state index contributed by atoms with van der Waals surface area (Å²) in [5.41, 5.74) is 4.55. The molecule has 5 aromatic rings. The lowest BCUT2D eigenvalue weighted by Crippen LogP contribution is -2.36. The van der Waals surface area contributed by atoms with Gasteiger partial charge in [-0.1, -0.05) is 54.1 Å². The van der Waals surface area contributed by atoms with Crippen molar-refractivity contribution in [3.63, 3.8) is 0 Å². The first-order chi connectivity index (χ1) is 22.4. The van der Waals surface area contributed by atoms with E-state index < -0.39 is 31.7 Å². The Morgan fingerprint density at radius 2 is 1.79 bits per heavy atom. The Labute approximate surface area is 286 Å². The van der Waals surface area contributed by atoms with E-state index in [1.807, 2.05) is 64.9 Å². The predicted molar refractivity (Wildman–Crippen MR) is 187 cm³/mol. The molecule has 1 aliphatic heterocycles. The van der Waals surface area contributed by atoms with E-state index in [9.17, 15) is 25.9 Å². The van der Waals surface area contributed by atoms with Crippen LogP contribution in [0.15, 0.2) is 83.6 Å². The average molecular weight is 730 g/mol. The first-order valence-electron chi connectivity index (χ1n) is 14.9. The van der Waals surface area contributed by atoms with Crippen LogP contribution in [0.2, 0.25) is 5.02 Å². The topological polar surface area (TPSA) is 131 Å². The van der Waals surface area contributed by atoms with Gasteiger partial charge in [0, 0.05) is 52.4 Å². The van der Waals surface area contributed by atoms with Crippen molar-refractivity contribution in [3.05, 3.63) is 93.6 Å². The number of thiazole rings is 1. The summed E-state index contributed by atoms with van der Waals surface area (Å²) in [5.74, 6) is 0.134. The standard InChI is InChI=1S/C33H31ClN2O7S4/c1-2-22(19-32-36(14-5-17-47(40,41)42)28-21-25(34)9-11-30(28)45-32)18-31-35(13-4-16-46(37,38)39)27-20-24(8-10-29(27)43-31)26-7-3-6-23-12-15-44-33(23)26/h3,6-12,15,18-21H,2,4-5,13-14,16-17H2,1H3,(H-,37,38,39,40,41,42)/p-1. The molecule has 1 aliphatic rings. The molecule has 0 amide bonds. The van der Waals surface area contributed by atoms with Crippen LogP contribution in [0, 0.1) is 0 Å². The maximum Gasteiger partial charge on any atom is 0.263 e. The van der Waals surface area contributed by atoms with E-state index in [2.05, 4.69) is 23.6 Å². The summed E-state index contributed by atoms with van der Waals surface area (Å²) >= 11 is 9.47. The number of benzene rings is 3. The lowest BCUT2D eigenvalue weighted by molar-refractivity contribution is -0.668. The monoisotopic (exact) mass is 729 g/mol. The van der Waals surface area contributed by atoms with Crippen molar-refractivity contribution in [2.45, 2.75) is 32.7 Å². The molecule has 6 rings (SSSR count). The van der Waals surface area contributed by atoms with Gasteiger partial charge in [-0.15, -0.1) is 11.3 Å². The minimum absolute atomic E-state index is 0.113. The molecule has 246 valence electrons. The fourth-order valence-electron chi connectivity index (χ4n) is 5.60. The molecule has 0 aliphatic carbocycles. The molecule has 0 N–H and O–H groups in total. The van der Waals surface area contributed by atoms with E-state index in [1.54, 1.807) is 17.4 Å². The number of aromatic nitrogens is 1. The lowest BCUT2D eigenvalue weighted by atomic mass is 10.0. The average Bonchev–Trinajstić information content (AvgIpc) is 3.71. The number of anilines is 1. The molecule has 0 radical (unpaired) electrons. The van der Waals surface area contributed by atoms with Crippen LogP contribution >= 0.6 is 34.3 Å². The second-order valence-corrected chi connectivity index (χ2v) is 16.5. The Morgan fingerprint density at radius 3 is 2.55 bits per heavy atom. The molecular formula is C33H30ClN2O7S4-. The van der Waals surface area contributed by atoms with E-state index in [0.717, 1.165) is 47.7 Å². The molecule has 0 fully saturated rings. The summed E-state index contributed by atoms with van der Waals surface area (Å²) in [6, 6.07) is 19.7. The number of nitrogens with zero attached hydrogens (tertiary/aromatic N) is 2. The van der Waals surface area contributed by atoms with Gasteiger partial charge >= 0.3 is 0 Å². The third kappa shape index (κ3) is 7.89. The predicted octanol–water partition coefficient (Wildman–Crippen LogP) is 7.13. The Morgan fingerprint density at radius 1 is 1.00 bits per heavy atom. The van der Waals surface area contributed by atoms with Gasteiger partial charge in [-0.2, -0.15) is 4.57 Å². The van der Waals surface area contributed by atoms with Crippen LogP contribution in [0.4, 0.5) is 5.69 Å². The smallest absolute Gasteiger partial charge is 0.263 e. The molecule has 9 nitrogen and oxygen atoms in total. The molecular weight excluding hydrogens is 700 g/mol. The molecule has 2 aromatic heterocycles. The molecule has 0 unspecified atom stereocenters. The fourth-order valence-corrected chi connectivity index (χ4v) is 8.81. The van der Waals surface area contributed by atoms with Gasteiger partial charge in [-0.3, -0.25) is 0 Å². The Kier molecular flexibility index (Phi) is 9.77. The van der Waals surface area contributed by atoms with Gasteiger partial charge in [0.2, 0.25) is 11.4 Å². The molecule has 14 heteroatoms. The van der Waals surface area contributed by atoms with E-state index >= 15 is 0 Å². The fraction of sp³-hybridized carbons (Fsp3) is 0.242. The summed E-state index contributed by atoms with van der Waals surface area (Å²) in [6.45, 7) is 2.55. The van der Waals surface area contributed by atoms with Crippen molar-refractivity contribution in [2.24, 2.45) is 0 Å². The molecule has 0 saturated heterocycles. The summed E-state index contributed by atoms with van der Waals surface area (Å²) in [4.78, 5) is 1.90. The number of allylic oxidation sites excluding steroid dienone is 2. The number of thiophene rings is 1. The zero-order chi connectivity index (χ0) is 33.3. The minimum Gasteiger partial charge on any atom is -0.748 e. The number of rotatable bonds is 12. The largest absolute Gasteiger partial charge is 0.748 e. The molecule has 0 atom stereocenters. The molecule has 3 heterocycles. The number of aryl methyl sites for hydroxylation is 1. The van der Waals surface area contributed by atoms with Crippen LogP contribution in [-0.4, -0.2) is 44.0 Å². The SMILES string of the molecule is CCC(/C=C1\Oc2ccc(-c3cccc4ccsc34)cc2N1CCCS(=O)(=O)[O-])=C\c1sc2ccc(Cl)cc2[n+]1CCCS(=O)(=O)[O-]. The van der Waals surface area contributed by atoms with Gasteiger partial charge in [0.1, 0.15) is 4.70 Å². The summed E-state index contributed by atoms with van der Waals surface area (Å²) < 4.78 is 78.7. The Bertz CT molecular complexity index is 2260. The number of hydrogen-bond donors (Lipinski definition) is 0. The highest BCUT2D eigenvalue weighted by Crippen LogP contribution is 2.44. The highest BCUT2D eigenvalue weighted by molar-refractivity contribution is 7.85. The molecule has 0 saturated carbocycles. The van der Waals surface area contributed by atoms with Crippen molar-refractivity contribution in [2.75, 3.05) is 23.0 Å². The second kappa shape index (κ2) is 13.7. The summed E-state index contributed by atoms with van der Waals surface area (Å²) in [7, 11) is -8.76. The van der Waals surface area contributed by atoms with Crippen LogP contribution in [-0.2, 0) is 26.8 Å². The van der Waals surface area contributed by atoms with Gasteiger partial charge in [-0.05, 0) is 70.6 Å². The molecule has 47 heavy (non-hydrogen) atoms. The van der Waals surface area contributed by atoms with Crippen molar-refractivity contribution >= 4 is 86.6 Å². The first-order valence-corrected chi connectivity index (χ1v) is 20.1. The third-order valence-corrected chi connectivity index (χ3v) is 11.7. The summed E-state index contributed by atoms with van der Waals surface area (Å²) in [6.07, 6.45) is 4.76. The normalized spacial score (nSPS) is 14.8. The highest BCUT2D eigenvalue weighted by atomic mass is 35.5. The molecule has 0 spiro atoms. The van der Waals surface area contributed by atoms with Crippen molar-refractivity contribution in [3.8, 4) is 16.9 Å². The van der Waals surface area contributed by atoms with Crippen molar-refractivity contribution in [1.82, 2.24) is 0 Å². The third-order valence-electron chi connectivity index (χ3n) is 7.79. The Hall–Kier alpha value is -3.30. The number of hydrogen-bond acceptors (Lipinski definition) is 10. The van der Waals surface area contributed by atoms with E-state index in [4.69, 9.17) is 16.3 Å². The maximum atomic E-state index is 11.5.